The summed E-state index contributed by atoms with van der Waals surface area (Å²) >= 11 is 0. The number of anilines is 1. The zero-order valence-corrected chi connectivity index (χ0v) is 10.2. The van der Waals surface area contributed by atoms with E-state index in [-0.39, 0.29) is 11.6 Å². The number of nitrogens with one attached hydrogen (secondary N) is 1. The highest BCUT2D eigenvalue weighted by atomic mass is 19.1. The fourth-order valence-electron chi connectivity index (χ4n) is 1.72. The Bertz CT molecular complexity index is 412. The molecular formula is C12H16FNO2. The van der Waals surface area contributed by atoms with Gasteiger partial charge in [-0.2, -0.15) is 0 Å². The fourth-order valence-corrected chi connectivity index (χ4v) is 1.72. The van der Waals surface area contributed by atoms with Crippen LogP contribution < -0.4 is 10.1 Å². The molecule has 1 N–H and O–H groups in total. The van der Waals surface area contributed by atoms with Gasteiger partial charge in [0.25, 0.3) is 0 Å². The summed E-state index contributed by atoms with van der Waals surface area (Å²) in [6.07, 6.45) is 0. The first kappa shape index (κ1) is 12.5. The Kier molecular flexibility index (Phi) is 3.52. The third kappa shape index (κ3) is 2.01. The second-order valence-corrected chi connectivity index (χ2v) is 3.78. The summed E-state index contributed by atoms with van der Waals surface area (Å²) in [5.41, 5.74) is 2.18. The van der Waals surface area contributed by atoms with E-state index in [2.05, 4.69) is 5.32 Å². The van der Waals surface area contributed by atoms with E-state index in [0.29, 0.717) is 16.9 Å². The number of halogens is 1. The molecule has 0 aliphatic rings. The average molecular weight is 225 g/mol. The number of hydrogen-bond donors (Lipinski definition) is 1. The average Bonchev–Trinajstić information content (AvgIpc) is 2.22. The summed E-state index contributed by atoms with van der Waals surface area (Å²) in [5, 5.41) is 2.50. The first-order valence-corrected chi connectivity index (χ1v) is 5.01. The van der Waals surface area contributed by atoms with Crippen LogP contribution in [0.25, 0.3) is 0 Å². The smallest absolute Gasteiger partial charge is 0.221 e. The molecule has 1 aromatic carbocycles. The molecule has 0 radical (unpaired) electrons. The Morgan fingerprint density at radius 3 is 2.19 bits per heavy atom. The standard InChI is InChI=1S/C12H16FNO2/c1-6-7(2)12(16-5)8(3)10(13)11(6)14-9(4)15/h1-5H3,(H,14,15). The van der Waals surface area contributed by atoms with E-state index in [9.17, 15) is 9.18 Å². The molecular weight excluding hydrogens is 209 g/mol. The molecule has 1 amide bonds. The van der Waals surface area contributed by atoms with Gasteiger partial charge in [0, 0.05) is 12.5 Å². The van der Waals surface area contributed by atoms with E-state index in [1.807, 2.05) is 6.92 Å². The first-order chi connectivity index (χ1) is 7.40. The van der Waals surface area contributed by atoms with Gasteiger partial charge in [0.2, 0.25) is 5.91 Å². The lowest BCUT2D eigenvalue weighted by atomic mass is 10.0. The molecule has 0 aromatic heterocycles. The maximum atomic E-state index is 14.0. The summed E-state index contributed by atoms with van der Waals surface area (Å²) in [5.74, 6) is -0.190. The van der Waals surface area contributed by atoms with Crippen LogP contribution in [0.2, 0.25) is 0 Å². The highest BCUT2D eigenvalue weighted by Gasteiger charge is 2.18. The van der Waals surface area contributed by atoms with Crippen molar-refractivity contribution in [3.8, 4) is 5.75 Å². The lowest BCUT2D eigenvalue weighted by Gasteiger charge is -2.17. The number of carbonyl (C=O) groups excluding carboxylic acids is 1. The minimum absolute atomic E-state index is 0.239. The second kappa shape index (κ2) is 4.51. The van der Waals surface area contributed by atoms with Crippen LogP contribution in [0, 0.1) is 26.6 Å². The van der Waals surface area contributed by atoms with Crippen molar-refractivity contribution in [2.45, 2.75) is 27.7 Å². The topological polar surface area (TPSA) is 38.3 Å². The highest BCUT2D eigenvalue weighted by Crippen LogP contribution is 2.34. The van der Waals surface area contributed by atoms with Crippen molar-refractivity contribution < 1.29 is 13.9 Å². The van der Waals surface area contributed by atoms with E-state index in [0.717, 1.165) is 5.56 Å². The molecule has 0 bridgehead atoms. The molecule has 0 unspecified atom stereocenters. The van der Waals surface area contributed by atoms with Crippen molar-refractivity contribution in [1.82, 2.24) is 0 Å². The summed E-state index contributed by atoms with van der Waals surface area (Å²) in [7, 11) is 1.51. The van der Waals surface area contributed by atoms with Crippen molar-refractivity contribution in [1.29, 1.82) is 0 Å². The lowest BCUT2D eigenvalue weighted by molar-refractivity contribution is -0.114. The zero-order valence-electron chi connectivity index (χ0n) is 10.2. The van der Waals surface area contributed by atoms with E-state index < -0.39 is 5.82 Å². The Morgan fingerprint density at radius 1 is 1.19 bits per heavy atom. The molecule has 0 spiro atoms. The van der Waals surface area contributed by atoms with E-state index in [1.54, 1.807) is 13.8 Å². The van der Waals surface area contributed by atoms with Crippen molar-refractivity contribution >= 4 is 11.6 Å². The summed E-state index contributed by atoms with van der Waals surface area (Å²) in [6, 6.07) is 0. The quantitative estimate of drug-likeness (QED) is 0.840. The van der Waals surface area contributed by atoms with Gasteiger partial charge in [-0.3, -0.25) is 4.79 Å². The molecule has 88 valence electrons. The van der Waals surface area contributed by atoms with Crippen LogP contribution in [0.4, 0.5) is 10.1 Å². The van der Waals surface area contributed by atoms with Gasteiger partial charge in [-0.1, -0.05) is 0 Å². The van der Waals surface area contributed by atoms with Gasteiger partial charge in [-0.25, -0.2) is 4.39 Å². The summed E-state index contributed by atoms with van der Waals surface area (Å²) in [6.45, 7) is 6.58. The Labute approximate surface area is 94.6 Å². The SMILES string of the molecule is COc1c(C)c(C)c(NC(C)=O)c(F)c1C. The normalized spacial score (nSPS) is 10.1. The Morgan fingerprint density at radius 2 is 1.75 bits per heavy atom. The highest BCUT2D eigenvalue weighted by molar-refractivity contribution is 5.90. The largest absolute Gasteiger partial charge is 0.496 e. The van der Waals surface area contributed by atoms with Crippen LogP contribution in [0.1, 0.15) is 23.6 Å². The molecule has 0 heterocycles. The summed E-state index contributed by atoms with van der Waals surface area (Å²) < 4.78 is 19.1. The van der Waals surface area contributed by atoms with Crippen LogP contribution in [-0.4, -0.2) is 13.0 Å². The molecule has 0 saturated carbocycles. The van der Waals surface area contributed by atoms with Crippen LogP contribution in [-0.2, 0) is 4.79 Å². The van der Waals surface area contributed by atoms with Gasteiger partial charge < -0.3 is 10.1 Å². The summed E-state index contributed by atoms with van der Waals surface area (Å²) in [4.78, 5) is 11.0. The van der Waals surface area contributed by atoms with E-state index in [4.69, 9.17) is 4.74 Å². The predicted molar refractivity (Wildman–Crippen MR) is 61.5 cm³/mol. The van der Waals surface area contributed by atoms with Crippen molar-refractivity contribution in [3.63, 3.8) is 0 Å². The Balaban J connectivity index is 3.47. The van der Waals surface area contributed by atoms with E-state index >= 15 is 0 Å². The number of amides is 1. The molecule has 0 aliphatic heterocycles. The van der Waals surface area contributed by atoms with Crippen LogP contribution >= 0.6 is 0 Å². The van der Waals surface area contributed by atoms with Gasteiger partial charge in [0.05, 0.1) is 12.8 Å². The van der Waals surface area contributed by atoms with E-state index in [1.165, 1.54) is 14.0 Å². The Hall–Kier alpha value is -1.58. The van der Waals surface area contributed by atoms with Gasteiger partial charge in [0.1, 0.15) is 5.75 Å². The number of rotatable bonds is 2. The van der Waals surface area contributed by atoms with Crippen molar-refractivity contribution in [2.75, 3.05) is 12.4 Å². The maximum absolute atomic E-state index is 14.0. The second-order valence-electron chi connectivity index (χ2n) is 3.78. The third-order valence-electron chi connectivity index (χ3n) is 2.67. The molecule has 3 nitrogen and oxygen atoms in total. The number of carbonyl (C=O) groups is 1. The molecule has 0 aliphatic carbocycles. The molecule has 0 saturated heterocycles. The first-order valence-electron chi connectivity index (χ1n) is 5.01. The lowest BCUT2D eigenvalue weighted by Crippen LogP contribution is -2.11. The van der Waals surface area contributed by atoms with Crippen molar-refractivity contribution in [2.24, 2.45) is 0 Å². The number of hydrogen-bond acceptors (Lipinski definition) is 2. The zero-order chi connectivity index (χ0) is 12.5. The number of ether oxygens (including phenoxy) is 1. The fraction of sp³-hybridized carbons (Fsp3) is 0.417. The minimum atomic E-state index is -0.435. The van der Waals surface area contributed by atoms with Gasteiger partial charge >= 0.3 is 0 Å². The molecule has 4 heteroatoms. The monoisotopic (exact) mass is 225 g/mol. The number of benzene rings is 1. The minimum Gasteiger partial charge on any atom is -0.496 e. The predicted octanol–water partition coefficient (Wildman–Crippen LogP) is 2.72. The van der Waals surface area contributed by atoms with Gasteiger partial charge in [-0.15, -0.1) is 0 Å². The van der Waals surface area contributed by atoms with Crippen LogP contribution in [0.3, 0.4) is 0 Å². The number of methoxy groups -OCH3 is 1. The third-order valence-corrected chi connectivity index (χ3v) is 2.67. The maximum Gasteiger partial charge on any atom is 0.221 e. The molecule has 0 atom stereocenters. The molecule has 1 aromatic rings. The van der Waals surface area contributed by atoms with Crippen LogP contribution in [0.15, 0.2) is 0 Å². The van der Waals surface area contributed by atoms with Gasteiger partial charge in [0.15, 0.2) is 5.82 Å². The van der Waals surface area contributed by atoms with Crippen molar-refractivity contribution in [3.05, 3.63) is 22.5 Å². The molecule has 1 rings (SSSR count). The molecule has 16 heavy (non-hydrogen) atoms. The van der Waals surface area contributed by atoms with Gasteiger partial charge in [-0.05, 0) is 31.9 Å². The molecule has 0 fully saturated rings. The van der Waals surface area contributed by atoms with Crippen LogP contribution in [0.5, 0.6) is 5.75 Å².